The van der Waals surface area contributed by atoms with Crippen molar-refractivity contribution < 1.29 is 5.11 Å². The van der Waals surface area contributed by atoms with E-state index in [1.54, 1.807) is 0 Å². The standard InChI is InChI=1S/C15H22N2O/c18-10-9-17(14-7-8-14)15-4-2-1-3-12(15)11-16-13-5-6-13/h1-4,13-14,16,18H,5-11H2. The van der Waals surface area contributed by atoms with Crippen LogP contribution in [0.2, 0.25) is 0 Å². The molecule has 0 atom stereocenters. The Bertz CT molecular complexity index is 399. The highest BCUT2D eigenvalue weighted by molar-refractivity contribution is 5.55. The number of hydrogen-bond donors (Lipinski definition) is 2. The SMILES string of the molecule is OCCN(c1ccccc1CNC1CC1)C1CC1. The third-order valence-corrected chi connectivity index (χ3v) is 3.79. The van der Waals surface area contributed by atoms with Crippen LogP contribution in [0.3, 0.4) is 0 Å². The van der Waals surface area contributed by atoms with Crippen LogP contribution in [-0.2, 0) is 6.54 Å². The second-order valence-electron chi connectivity index (χ2n) is 5.43. The molecule has 1 aromatic carbocycles. The Morgan fingerprint density at radius 2 is 1.94 bits per heavy atom. The van der Waals surface area contributed by atoms with E-state index in [0.717, 1.165) is 19.1 Å². The van der Waals surface area contributed by atoms with Gasteiger partial charge in [-0.25, -0.2) is 0 Å². The number of aliphatic hydroxyl groups excluding tert-OH is 1. The lowest BCUT2D eigenvalue weighted by Crippen LogP contribution is -2.30. The molecule has 0 aromatic heterocycles. The smallest absolute Gasteiger partial charge is 0.0606 e. The molecular weight excluding hydrogens is 224 g/mol. The van der Waals surface area contributed by atoms with Crippen LogP contribution in [0.25, 0.3) is 0 Å². The average Bonchev–Trinajstić information content (AvgIpc) is 3.28. The van der Waals surface area contributed by atoms with Gasteiger partial charge in [-0.2, -0.15) is 0 Å². The fourth-order valence-corrected chi connectivity index (χ4v) is 2.48. The maximum Gasteiger partial charge on any atom is 0.0606 e. The van der Waals surface area contributed by atoms with Crippen molar-refractivity contribution in [3.63, 3.8) is 0 Å². The topological polar surface area (TPSA) is 35.5 Å². The summed E-state index contributed by atoms with van der Waals surface area (Å²) in [4.78, 5) is 2.38. The minimum absolute atomic E-state index is 0.237. The number of nitrogens with zero attached hydrogens (tertiary/aromatic N) is 1. The molecule has 0 saturated heterocycles. The number of benzene rings is 1. The first-order valence-electron chi connectivity index (χ1n) is 7.07. The van der Waals surface area contributed by atoms with Gasteiger partial charge in [0.15, 0.2) is 0 Å². The lowest BCUT2D eigenvalue weighted by Gasteiger charge is -2.26. The molecule has 18 heavy (non-hydrogen) atoms. The van der Waals surface area contributed by atoms with E-state index < -0.39 is 0 Å². The van der Waals surface area contributed by atoms with Crippen molar-refractivity contribution in [2.24, 2.45) is 0 Å². The van der Waals surface area contributed by atoms with Crippen molar-refractivity contribution >= 4 is 5.69 Å². The highest BCUT2D eigenvalue weighted by Crippen LogP contribution is 2.33. The molecule has 3 nitrogen and oxygen atoms in total. The number of aliphatic hydroxyl groups is 1. The highest BCUT2D eigenvalue weighted by atomic mass is 16.3. The summed E-state index contributed by atoms with van der Waals surface area (Å²) in [5, 5.41) is 12.8. The van der Waals surface area contributed by atoms with E-state index in [9.17, 15) is 5.11 Å². The second kappa shape index (κ2) is 5.29. The summed E-state index contributed by atoms with van der Waals surface area (Å²) < 4.78 is 0. The largest absolute Gasteiger partial charge is 0.395 e. The van der Waals surface area contributed by atoms with Crippen molar-refractivity contribution in [2.75, 3.05) is 18.1 Å². The van der Waals surface area contributed by atoms with E-state index in [0.29, 0.717) is 6.04 Å². The predicted molar refractivity (Wildman–Crippen MR) is 73.8 cm³/mol. The van der Waals surface area contributed by atoms with E-state index in [2.05, 4.69) is 34.5 Å². The van der Waals surface area contributed by atoms with Gasteiger partial charge in [0.2, 0.25) is 0 Å². The number of anilines is 1. The van der Waals surface area contributed by atoms with Gasteiger partial charge >= 0.3 is 0 Å². The Hall–Kier alpha value is -1.06. The normalized spacial score (nSPS) is 18.9. The van der Waals surface area contributed by atoms with Gasteiger partial charge in [-0.1, -0.05) is 18.2 Å². The van der Waals surface area contributed by atoms with E-state index in [1.165, 1.54) is 36.9 Å². The summed E-state index contributed by atoms with van der Waals surface area (Å²) in [6.07, 6.45) is 5.19. The van der Waals surface area contributed by atoms with Gasteiger partial charge in [-0.15, -0.1) is 0 Å². The monoisotopic (exact) mass is 246 g/mol. The Morgan fingerprint density at radius 1 is 1.17 bits per heavy atom. The van der Waals surface area contributed by atoms with Crippen molar-refractivity contribution in [1.82, 2.24) is 5.32 Å². The zero-order valence-corrected chi connectivity index (χ0v) is 10.8. The number of hydrogen-bond acceptors (Lipinski definition) is 3. The molecule has 0 bridgehead atoms. The minimum atomic E-state index is 0.237. The lowest BCUT2D eigenvalue weighted by atomic mass is 10.1. The van der Waals surface area contributed by atoms with Crippen LogP contribution in [0.1, 0.15) is 31.2 Å². The number of nitrogens with one attached hydrogen (secondary N) is 1. The maximum atomic E-state index is 9.24. The Labute approximate surface area is 109 Å². The fraction of sp³-hybridized carbons (Fsp3) is 0.600. The van der Waals surface area contributed by atoms with E-state index in [4.69, 9.17) is 0 Å². The molecule has 1 aromatic rings. The van der Waals surface area contributed by atoms with Gasteiger partial charge in [0.25, 0.3) is 0 Å². The molecule has 2 fully saturated rings. The first-order valence-corrected chi connectivity index (χ1v) is 7.07. The van der Waals surface area contributed by atoms with Gasteiger partial charge < -0.3 is 15.3 Å². The summed E-state index contributed by atoms with van der Waals surface area (Å²) in [7, 11) is 0. The first-order chi connectivity index (χ1) is 8.88. The molecule has 0 heterocycles. The van der Waals surface area contributed by atoms with Crippen LogP contribution in [-0.4, -0.2) is 30.3 Å². The molecule has 0 aliphatic heterocycles. The summed E-state index contributed by atoms with van der Waals surface area (Å²) in [5.41, 5.74) is 2.67. The van der Waals surface area contributed by atoms with Crippen molar-refractivity contribution in [2.45, 2.75) is 44.3 Å². The predicted octanol–water partition coefficient (Wildman–Crippen LogP) is 1.90. The Kier molecular flexibility index (Phi) is 3.52. The van der Waals surface area contributed by atoms with Gasteiger partial charge in [0, 0.05) is 30.9 Å². The molecule has 2 aliphatic rings. The molecule has 98 valence electrons. The lowest BCUT2D eigenvalue weighted by molar-refractivity contribution is 0.301. The molecule has 0 amide bonds. The van der Waals surface area contributed by atoms with E-state index >= 15 is 0 Å². The van der Waals surface area contributed by atoms with Gasteiger partial charge in [0.05, 0.1) is 6.61 Å². The molecule has 0 spiro atoms. The van der Waals surface area contributed by atoms with Crippen molar-refractivity contribution in [3.05, 3.63) is 29.8 Å². The zero-order valence-electron chi connectivity index (χ0n) is 10.8. The van der Waals surface area contributed by atoms with Gasteiger partial charge in [0.1, 0.15) is 0 Å². The maximum absolute atomic E-state index is 9.24. The summed E-state index contributed by atoms with van der Waals surface area (Å²) in [5.74, 6) is 0. The summed E-state index contributed by atoms with van der Waals surface area (Å²) >= 11 is 0. The number of rotatable bonds is 7. The van der Waals surface area contributed by atoms with Crippen molar-refractivity contribution in [3.8, 4) is 0 Å². The Morgan fingerprint density at radius 3 is 2.61 bits per heavy atom. The number of para-hydroxylation sites is 1. The third-order valence-electron chi connectivity index (χ3n) is 3.79. The molecule has 2 saturated carbocycles. The van der Waals surface area contributed by atoms with Gasteiger partial charge in [-0.05, 0) is 37.3 Å². The van der Waals surface area contributed by atoms with Crippen LogP contribution in [0.15, 0.2) is 24.3 Å². The molecule has 3 heteroatoms. The molecular formula is C15H22N2O. The van der Waals surface area contributed by atoms with Crippen molar-refractivity contribution in [1.29, 1.82) is 0 Å². The summed E-state index contributed by atoms with van der Waals surface area (Å²) in [6.45, 7) is 1.95. The zero-order chi connectivity index (χ0) is 12.4. The quantitative estimate of drug-likeness (QED) is 0.771. The molecule has 2 aliphatic carbocycles. The summed E-state index contributed by atoms with van der Waals surface area (Å²) in [6, 6.07) is 10.00. The molecule has 3 rings (SSSR count). The highest BCUT2D eigenvalue weighted by Gasteiger charge is 2.30. The molecule has 0 unspecified atom stereocenters. The average molecular weight is 246 g/mol. The first kappa shape index (κ1) is 12.0. The van der Waals surface area contributed by atoms with Crippen LogP contribution in [0.4, 0.5) is 5.69 Å². The third kappa shape index (κ3) is 2.85. The minimum Gasteiger partial charge on any atom is -0.395 e. The van der Waals surface area contributed by atoms with Crippen LogP contribution < -0.4 is 10.2 Å². The van der Waals surface area contributed by atoms with Crippen LogP contribution in [0, 0.1) is 0 Å². The van der Waals surface area contributed by atoms with Crippen LogP contribution >= 0.6 is 0 Å². The van der Waals surface area contributed by atoms with E-state index in [-0.39, 0.29) is 6.61 Å². The Balaban J connectivity index is 1.74. The van der Waals surface area contributed by atoms with Crippen LogP contribution in [0.5, 0.6) is 0 Å². The van der Waals surface area contributed by atoms with Gasteiger partial charge in [-0.3, -0.25) is 0 Å². The van der Waals surface area contributed by atoms with E-state index in [1.807, 2.05) is 0 Å². The second-order valence-corrected chi connectivity index (χ2v) is 5.43. The fourth-order valence-electron chi connectivity index (χ4n) is 2.48. The molecule has 0 radical (unpaired) electrons. The molecule has 2 N–H and O–H groups in total.